The largest absolute Gasteiger partial charge is 0.489 e. The van der Waals surface area contributed by atoms with Gasteiger partial charge >= 0.3 is 0 Å². The molecule has 1 fully saturated rings. The highest BCUT2D eigenvalue weighted by Gasteiger charge is 2.18. The fourth-order valence-electron chi connectivity index (χ4n) is 3.23. The molecule has 1 amide bonds. The quantitative estimate of drug-likeness (QED) is 0.868. The SMILES string of the molecule is CC1CCCN(c2ccc(C(=O)Nc3ccccc3OC(C)C)cn2)C1. The van der Waals surface area contributed by atoms with Crippen LogP contribution in [0.4, 0.5) is 11.5 Å². The highest BCUT2D eigenvalue weighted by Crippen LogP contribution is 2.26. The lowest BCUT2D eigenvalue weighted by atomic mass is 10.0. The number of benzene rings is 1. The summed E-state index contributed by atoms with van der Waals surface area (Å²) in [6.45, 7) is 8.25. The normalized spacial score (nSPS) is 17.2. The second-order valence-electron chi connectivity index (χ2n) is 7.22. The van der Waals surface area contributed by atoms with E-state index in [9.17, 15) is 4.79 Å². The molecule has 0 spiro atoms. The molecule has 1 N–H and O–H groups in total. The van der Waals surface area contributed by atoms with Crippen LogP contribution in [0.3, 0.4) is 0 Å². The highest BCUT2D eigenvalue weighted by atomic mass is 16.5. The van der Waals surface area contributed by atoms with Gasteiger partial charge in [0, 0.05) is 19.3 Å². The summed E-state index contributed by atoms with van der Waals surface area (Å²) in [6.07, 6.45) is 4.16. The van der Waals surface area contributed by atoms with Gasteiger partial charge in [-0.1, -0.05) is 19.1 Å². The van der Waals surface area contributed by atoms with Crippen molar-refractivity contribution in [3.05, 3.63) is 48.2 Å². The maximum Gasteiger partial charge on any atom is 0.257 e. The number of para-hydroxylation sites is 2. The van der Waals surface area contributed by atoms with Crippen LogP contribution < -0.4 is 15.0 Å². The fourth-order valence-corrected chi connectivity index (χ4v) is 3.23. The first-order valence-electron chi connectivity index (χ1n) is 9.31. The Hall–Kier alpha value is -2.56. The Labute approximate surface area is 155 Å². The lowest BCUT2D eigenvalue weighted by Gasteiger charge is -2.31. The van der Waals surface area contributed by atoms with Crippen LogP contribution >= 0.6 is 0 Å². The number of nitrogens with zero attached hydrogens (tertiary/aromatic N) is 2. The number of carbonyl (C=O) groups excluding carboxylic acids is 1. The topological polar surface area (TPSA) is 54.5 Å². The molecule has 138 valence electrons. The Morgan fingerprint density at radius 3 is 2.77 bits per heavy atom. The third kappa shape index (κ3) is 4.54. The van der Waals surface area contributed by atoms with Crippen LogP contribution in [-0.4, -0.2) is 30.1 Å². The van der Waals surface area contributed by atoms with E-state index in [-0.39, 0.29) is 12.0 Å². The van der Waals surface area contributed by atoms with Gasteiger partial charge in [-0.3, -0.25) is 4.79 Å². The van der Waals surface area contributed by atoms with Gasteiger partial charge < -0.3 is 15.0 Å². The Bertz CT molecular complexity index is 743. The fraction of sp³-hybridized carbons (Fsp3) is 0.429. The summed E-state index contributed by atoms with van der Waals surface area (Å²) >= 11 is 0. The van der Waals surface area contributed by atoms with E-state index < -0.39 is 0 Å². The van der Waals surface area contributed by atoms with Gasteiger partial charge in [-0.2, -0.15) is 0 Å². The zero-order valence-corrected chi connectivity index (χ0v) is 15.7. The molecule has 5 heteroatoms. The number of nitrogens with one attached hydrogen (secondary N) is 1. The summed E-state index contributed by atoms with van der Waals surface area (Å²) in [5.41, 5.74) is 1.21. The van der Waals surface area contributed by atoms with Crippen molar-refractivity contribution in [2.45, 2.75) is 39.7 Å². The summed E-state index contributed by atoms with van der Waals surface area (Å²) < 4.78 is 5.75. The zero-order chi connectivity index (χ0) is 18.5. The molecule has 1 aliphatic rings. The second kappa shape index (κ2) is 8.21. The minimum Gasteiger partial charge on any atom is -0.489 e. The first-order valence-corrected chi connectivity index (χ1v) is 9.31. The van der Waals surface area contributed by atoms with Crippen LogP contribution in [0, 0.1) is 5.92 Å². The van der Waals surface area contributed by atoms with Crippen LogP contribution in [0.5, 0.6) is 5.75 Å². The van der Waals surface area contributed by atoms with Gasteiger partial charge in [0.1, 0.15) is 11.6 Å². The molecule has 0 bridgehead atoms. The van der Waals surface area contributed by atoms with E-state index in [1.165, 1.54) is 12.8 Å². The molecule has 1 unspecified atom stereocenters. The van der Waals surface area contributed by atoms with Crippen LogP contribution in [0.2, 0.25) is 0 Å². The van der Waals surface area contributed by atoms with Crippen molar-refractivity contribution >= 4 is 17.4 Å². The average molecular weight is 353 g/mol. The number of rotatable bonds is 5. The second-order valence-corrected chi connectivity index (χ2v) is 7.22. The van der Waals surface area contributed by atoms with Crippen molar-refractivity contribution in [3.63, 3.8) is 0 Å². The Morgan fingerprint density at radius 1 is 1.27 bits per heavy atom. The van der Waals surface area contributed by atoms with Crippen LogP contribution in [0.15, 0.2) is 42.6 Å². The molecule has 26 heavy (non-hydrogen) atoms. The number of anilines is 2. The maximum atomic E-state index is 12.6. The van der Waals surface area contributed by atoms with E-state index in [2.05, 4.69) is 22.1 Å². The van der Waals surface area contributed by atoms with E-state index in [0.717, 1.165) is 18.9 Å². The summed E-state index contributed by atoms with van der Waals surface area (Å²) in [5.74, 6) is 2.11. The molecule has 1 aliphatic heterocycles. The van der Waals surface area contributed by atoms with Crippen LogP contribution in [0.25, 0.3) is 0 Å². The molecule has 1 saturated heterocycles. The number of aromatic nitrogens is 1. The third-order valence-electron chi connectivity index (χ3n) is 4.49. The predicted octanol–water partition coefficient (Wildman–Crippen LogP) is 4.36. The van der Waals surface area contributed by atoms with Gasteiger partial charge in [-0.15, -0.1) is 0 Å². The Balaban J connectivity index is 1.69. The summed E-state index contributed by atoms with van der Waals surface area (Å²) in [4.78, 5) is 19.4. The predicted molar refractivity (Wildman–Crippen MR) is 105 cm³/mol. The molecule has 2 aromatic rings. The monoisotopic (exact) mass is 353 g/mol. The summed E-state index contributed by atoms with van der Waals surface area (Å²) in [7, 11) is 0. The van der Waals surface area contributed by atoms with E-state index in [1.807, 2.05) is 50.2 Å². The van der Waals surface area contributed by atoms with Gasteiger partial charge in [0.05, 0.1) is 17.4 Å². The van der Waals surface area contributed by atoms with Crippen molar-refractivity contribution in [3.8, 4) is 5.75 Å². The van der Waals surface area contributed by atoms with Crippen molar-refractivity contribution in [1.82, 2.24) is 4.98 Å². The Kier molecular flexibility index (Phi) is 5.76. The molecule has 0 saturated carbocycles. The molecule has 1 atom stereocenters. The number of amides is 1. The van der Waals surface area contributed by atoms with E-state index >= 15 is 0 Å². The number of ether oxygens (including phenoxy) is 1. The van der Waals surface area contributed by atoms with Gasteiger partial charge in [-0.05, 0) is 56.9 Å². The van der Waals surface area contributed by atoms with Gasteiger partial charge in [0.2, 0.25) is 0 Å². The number of carbonyl (C=O) groups is 1. The average Bonchev–Trinajstić information content (AvgIpc) is 2.63. The van der Waals surface area contributed by atoms with Crippen molar-refractivity contribution in [2.75, 3.05) is 23.3 Å². The maximum absolute atomic E-state index is 12.6. The molecule has 0 radical (unpaired) electrons. The highest BCUT2D eigenvalue weighted by molar-refractivity contribution is 6.04. The molecular weight excluding hydrogens is 326 g/mol. The first-order chi connectivity index (χ1) is 12.5. The molecule has 1 aromatic heterocycles. The third-order valence-corrected chi connectivity index (χ3v) is 4.49. The number of hydrogen-bond acceptors (Lipinski definition) is 4. The standard InChI is InChI=1S/C21H27N3O2/c1-15(2)26-19-9-5-4-8-18(19)23-21(25)17-10-11-20(22-13-17)24-12-6-7-16(3)14-24/h4-5,8-11,13,15-16H,6-7,12,14H2,1-3H3,(H,23,25). The van der Waals surface area contributed by atoms with Crippen molar-refractivity contribution in [2.24, 2.45) is 5.92 Å². The molecule has 3 rings (SSSR count). The summed E-state index contributed by atoms with van der Waals surface area (Å²) in [5, 5.41) is 2.92. The van der Waals surface area contributed by atoms with E-state index in [1.54, 1.807) is 6.20 Å². The molecule has 2 heterocycles. The van der Waals surface area contributed by atoms with E-state index in [0.29, 0.717) is 22.9 Å². The number of piperidine rings is 1. The smallest absolute Gasteiger partial charge is 0.257 e. The van der Waals surface area contributed by atoms with Gasteiger partial charge in [0.15, 0.2) is 0 Å². The van der Waals surface area contributed by atoms with Crippen LogP contribution in [0.1, 0.15) is 44.0 Å². The zero-order valence-electron chi connectivity index (χ0n) is 15.7. The van der Waals surface area contributed by atoms with Crippen molar-refractivity contribution in [1.29, 1.82) is 0 Å². The lowest BCUT2D eigenvalue weighted by molar-refractivity contribution is 0.102. The summed E-state index contributed by atoms with van der Waals surface area (Å²) in [6, 6.07) is 11.2. The Morgan fingerprint density at radius 2 is 2.08 bits per heavy atom. The first kappa shape index (κ1) is 18.2. The number of hydrogen-bond donors (Lipinski definition) is 1. The van der Waals surface area contributed by atoms with Crippen molar-refractivity contribution < 1.29 is 9.53 Å². The minimum absolute atomic E-state index is 0.0425. The minimum atomic E-state index is -0.184. The molecule has 1 aromatic carbocycles. The van der Waals surface area contributed by atoms with Gasteiger partial charge in [0.25, 0.3) is 5.91 Å². The lowest BCUT2D eigenvalue weighted by Crippen LogP contribution is -2.34. The van der Waals surface area contributed by atoms with Crippen LogP contribution in [-0.2, 0) is 0 Å². The molecule has 0 aliphatic carbocycles. The molecular formula is C21H27N3O2. The van der Waals surface area contributed by atoms with E-state index in [4.69, 9.17) is 4.74 Å². The van der Waals surface area contributed by atoms with Gasteiger partial charge in [-0.25, -0.2) is 4.98 Å². The molecule has 5 nitrogen and oxygen atoms in total. The number of pyridine rings is 1.